The molecule has 0 bridgehead atoms. The number of benzene rings is 2. The highest BCUT2D eigenvalue weighted by Gasteiger charge is 2.17. The van der Waals surface area contributed by atoms with Crippen LogP contribution in [-0.4, -0.2) is 44.3 Å². The molecule has 0 aliphatic heterocycles. The van der Waals surface area contributed by atoms with Gasteiger partial charge in [-0.1, -0.05) is 29.4 Å². The molecule has 0 saturated heterocycles. The van der Waals surface area contributed by atoms with Crippen LogP contribution < -0.4 is 15.8 Å². The van der Waals surface area contributed by atoms with Crippen molar-refractivity contribution in [1.29, 1.82) is 0 Å². The third-order valence-electron chi connectivity index (χ3n) is 6.41. The van der Waals surface area contributed by atoms with Crippen LogP contribution in [0, 0.1) is 0 Å². The second kappa shape index (κ2) is 11.4. The highest BCUT2D eigenvalue weighted by atomic mass is 16.5. The van der Waals surface area contributed by atoms with Crippen LogP contribution in [0.15, 0.2) is 84.0 Å². The summed E-state index contributed by atoms with van der Waals surface area (Å²) in [5.41, 5.74) is 12.4. The van der Waals surface area contributed by atoms with Gasteiger partial charge in [0.05, 0.1) is 23.7 Å². The summed E-state index contributed by atoms with van der Waals surface area (Å²) in [5.74, 6) is 0.301. The van der Waals surface area contributed by atoms with Crippen molar-refractivity contribution in [2.24, 2.45) is 0 Å². The Bertz CT molecular complexity index is 1560. The highest BCUT2D eigenvalue weighted by molar-refractivity contribution is 5.95. The van der Waals surface area contributed by atoms with Crippen molar-refractivity contribution in [2.75, 3.05) is 12.3 Å². The Labute approximate surface area is 226 Å². The number of nitrogens with two attached hydrogens (primary N) is 1. The number of hydrogen-bond acceptors (Lipinski definition) is 7. The number of anilines is 1. The van der Waals surface area contributed by atoms with E-state index in [1.165, 1.54) is 0 Å². The van der Waals surface area contributed by atoms with Gasteiger partial charge in [-0.15, -0.1) is 0 Å². The summed E-state index contributed by atoms with van der Waals surface area (Å²) in [6.45, 7) is 3.79. The van der Waals surface area contributed by atoms with E-state index in [1.54, 1.807) is 30.7 Å². The van der Waals surface area contributed by atoms with Crippen LogP contribution in [-0.2, 0) is 6.42 Å². The monoisotopic (exact) mass is 525 g/mol. The van der Waals surface area contributed by atoms with Gasteiger partial charge in [-0.3, -0.25) is 4.79 Å². The molecule has 3 heterocycles. The molecule has 39 heavy (non-hydrogen) atoms. The number of amides is 1. The maximum atomic E-state index is 12.9. The summed E-state index contributed by atoms with van der Waals surface area (Å²) in [6.07, 6.45) is 8.19. The standard InChI is InChI=1S/C30H31N5O4/c1-19(2)39-28-10-9-22(15-26(28)31)30(37)33-24(11-13-36)14-20-5-7-21(8-6-20)27-17-35-12-3-4-25(29(35)34-27)23-16-32-38-18-23/h3-10,12,15-19,24,36H,11,13-14,31H2,1-2H3,(H,33,37)/t24-/m1/s1. The van der Waals surface area contributed by atoms with Crippen molar-refractivity contribution in [2.45, 2.75) is 38.8 Å². The molecule has 9 heteroatoms. The number of carbonyl (C=O) groups is 1. The number of rotatable bonds is 10. The molecule has 200 valence electrons. The molecular weight excluding hydrogens is 494 g/mol. The summed E-state index contributed by atoms with van der Waals surface area (Å²) in [4.78, 5) is 17.8. The van der Waals surface area contributed by atoms with Gasteiger partial charge in [0, 0.05) is 47.3 Å². The van der Waals surface area contributed by atoms with Gasteiger partial charge in [0.25, 0.3) is 5.91 Å². The molecule has 5 aromatic rings. The number of nitrogens with one attached hydrogen (secondary N) is 1. The van der Waals surface area contributed by atoms with Gasteiger partial charge in [-0.05, 0) is 62.6 Å². The predicted molar refractivity (Wildman–Crippen MR) is 149 cm³/mol. The van der Waals surface area contributed by atoms with Crippen molar-refractivity contribution in [3.05, 3.63) is 90.6 Å². The number of nitrogen functional groups attached to an aromatic ring is 1. The van der Waals surface area contributed by atoms with E-state index in [0.29, 0.717) is 29.8 Å². The van der Waals surface area contributed by atoms with E-state index in [0.717, 1.165) is 33.6 Å². The number of hydrogen-bond donors (Lipinski definition) is 3. The van der Waals surface area contributed by atoms with Crippen LogP contribution in [0.4, 0.5) is 5.69 Å². The Kier molecular flexibility index (Phi) is 7.60. The number of carbonyl (C=O) groups excluding carboxylic acids is 1. The van der Waals surface area contributed by atoms with Crippen LogP contribution in [0.25, 0.3) is 28.0 Å². The fraction of sp³-hybridized carbons (Fsp3) is 0.233. The number of imidazole rings is 1. The fourth-order valence-electron chi connectivity index (χ4n) is 4.51. The molecule has 1 atom stereocenters. The SMILES string of the molecule is CC(C)Oc1ccc(C(=O)N[C@H](CCO)Cc2ccc(-c3cn4cccc(-c5cnoc5)c4n3)cc2)cc1N. The predicted octanol–water partition coefficient (Wildman–Crippen LogP) is 4.75. The Morgan fingerprint density at radius 2 is 1.97 bits per heavy atom. The van der Waals surface area contributed by atoms with Gasteiger partial charge in [-0.2, -0.15) is 0 Å². The quantitative estimate of drug-likeness (QED) is 0.225. The largest absolute Gasteiger partial charge is 0.489 e. The molecule has 5 rings (SSSR count). The number of fused-ring (bicyclic) bond motifs is 1. The highest BCUT2D eigenvalue weighted by Crippen LogP contribution is 2.27. The summed E-state index contributed by atoms with van der Waals surface area (Å²) in [7, 11) is 0. The molecule has 2 aromatic carbocycles. The van der Waals surface area contributed by atoms with Crippen molar-refractivity contribution in [1.82, 2.24) is 19.9 Å². The van der Waals surface area contributed by atoms with E-state index < -0.39 is 0 Å². The van der Waals surface area contributed by atoms with Crippen molar-refractivity contribution in [3.8, 4) is 28.1 Å². The Hall–Kier alpha value is -4.63. The average Bonchev–Trinajstić information content (AvgIpc) is 3.60. The lowest BCUT2D eigenvalue weighted by molar-refractivity contribution is 0.0930. The number of aliphatic hydroxyl groups is 1. The second-order valence-electron chi connectivity index (χ2n) is 9.69. The smallest absolute Gasteiger partial charge is 0.251 e. The van der Waals surface area contributed by atoms with E-state index in [1.807, 2.05) is 67.0 Å². The van der Waals surface area contributed by atoms with E-state index in [-0.39, 0.29) is 24.7 Å². The molecule has 0 unspecified atom stereocenters. The van der Waals surface area contributed by atoms with Crippen molar-refractivity contribution < 1.29 is 19.2 Å². The molecule has 9 nitrogen and oxygen atoms in total. The van der Waals surface area contributed by atoms with Gasteiger partial charge in [0.1, 0.15) is 17.7 Å². The minimum Gasteiger partial charge on any atom is -0.489 e. The number of ether oxygens (including phenoxy) is 1. The van der Waals surface area contributed by atoms with Crippen LogP contribution in [0.2, 0.25) is 0 Å². The lowest BCUT2D eigenvalue weighted by Crippen LogP contribution is -2.37. The molecule has 0 aliphatic rings. The summed E-state index contributed by atoms with van der Waals surface area (Å²) < 4.78 is 12.6. The zero-order chi connectivity index (χ0) is 27.4. The van der Waals surface area contributed by atoms with Gasteiger partial charge < -0.3 is 29.8 Å². The van der Waals surface area contributed by atoms with Crippen LogP contribution >= 0.6 is 0 Å². The summed E-state index contributed by atoms with van der Waals surface area (Å²) in [5, 5.41) is 16.4. The third-order valence-corrected chi connectivity index (χ3v) is 6.41. The first-order chi connectivity index (χ1) is 18.9. The molecule has 0 saturated carbocycles. The third kappa shape index (κ3) is 5.94. The normalized spacial score (nSPS) is 12.1. The van der Waals surface area contributed by atoms with Crippen molar-refractivity contribution >= 4 is 17.2 Å². The topological polar surface area (TPSA) is 128 Å². The van der Waals surface area contributed by atoms with E-state index in [9.17, 15) is 9.90 Å². The van der Waals surface area contributed by atoms with Gasteiger partial charge in [-0.25, -0.2) is 4.98 Å². The molecule has 1 amide bonds. The number of aromatic nitrogens is 3. The van der Waals surface area contributed by atoms with Gasteiger partial charge in [0.15, 0.2) is 0 Å². The minimum atomic E-state index is -0.249. The number of pyridine rings is 1. The molecule has 0 spiro atoms. The first-order valence-electron chi connectivity index (χ1n) is 12.9. The lowest BCUT2D eigenvalue weighted by Gasteiger charge is -2.19. The zero-order valence-electron chi connectivity index (χ0n) is 21.9. The fourth-order valence-corrected chi connectivity index (χ4v) is 4.51. The average molecular weight is 526 g/mol. The Morgan fingerprint density at radius 1 is 1.15 bits per heavy atom. The molecule has 4 N–H and O–H groups in total. The molecule has 0 radical (unpaired) electrons. The number of aliphatic hydroxyl groups excluding tert-OH is 1. The first-order valence-corrected chi connectivity index (χ1v) is 12.9. The molecular formula is C30H31N5O4. The lowest BCUT2D eigenvalue weighted by atomic mass is 10.0. The Balaban J connectivity index is 1.29. The molecule has 0 aliphatic carbocycles. The van der Waals surface area contributed by atoms with Gasteiger partial charge >= 0.3 is 0 Å². The summed E-state index contributed by atoms with van der Waals surface area (Å²) in [6, 6.07) is 16.8. The maximum absolute atomic E-state index is 12.9. The molecule has 0 fully saturated rings. The minimum absolute atomic E-state index is 0.0165. The first kappa shape index (κ1) is 26.0. The second-order valence-corrected chi connectivity index (χ2v) is 9.69. The number of nitrogens with zero attached hydrogens (tertiary/aromatic N) is 3. The molecule has 3 aromatic heterocycles. The Morgan fingerprint density at radius 3 is 2.67 bits per heavy atom. The van der Waals surface area contributed by atoms with Crippen LogP contribution in [0.1, 0.15) is 36.2 Å². The zero-order valence-corrected chi connectivity index (χ0v) is 21.9. The van der Waals surface area contributed by atoms with Crippen molar-refractivity contribution in [3.63, 3.8) is 0 Å². The van der Waals surface area contributed by atoms with E-state index in [2.05, 4.69) is 10.5 Å². The van der Waals surface area contributed by atoms with E-state index >= 15 is 0 Å². The maximum Gasteiger partial charge on any atom is 0.251 e. The summed E-state index contributed by atoms with van der Waals surface area (Å²) >= 11 is 0. The van der Waals surface area contributed by atoms with Crippen LogP contribution in [0.3, 0.4) is 0 Å². The van der Waals surface area contributed by atoms with E-state index in [4.69, 9.17) is 20.0 Å². The van der Waals surface area contributed by atoms with Gasteiger partial charge in [0.2, 0.25) is 0 Å². The van der Waals surface area contributed by atoms with Crippen LogP contribution in [0.5, 0.6) is 5.75 Å².